The lowest BCUT2D eigenvalue weighted by atomic mass is 10.2. The Balaban J connectivity index is 2.92. The van der Waals surface area contributed by atoms with Crippen LogP contribution in [0.5, 0.6) is 5.75 Å². The molecular weight excluding hydrogens is 203 g/mol. The maximum Gasteiger partial charge on any atom is 0.322 e. The van der Waals surface area contributed by atoms with E-state index < -0.39 is 11.8 Å². The van der Waals surface area contributed by atoms with E-state index in [9.17, 15) is 9.18 Å². The molecule has 0 aromatic heterocycles. The molecule has 1 aromatic carbocycles. The van der Waals surface area contributed by atoms with Gasteiger partial charge in [-0.05, 0) is 0 Å². The van der Waals surface area contributed by atoms with Crippen LogP contribution in [0.1, 0.15) is 0 Å². The fourth-order valence-corrected chi connectivity index (χ4v) is 1.05. The van der Waals surface area contributed by atoms with Crippen molar-refractivity contribution in [2.75, 3.05) is 24.7 Å². The fraction of sp³-hybridized carbons (Fsp3) is 0.222. The summed E-state index contributed by atoms with van der Waals surface area (Å²) in [5, 5.41) is 10.8. The number of halogens is 1. The molecule has 0 spiro atoms. The van der Waals surface area contributed by atoms with Crippen molar-refractivity contribution in [3.05, 3.63) is 17.9 Å². The molecule has 0 aliphatic rings. The van der Waals surface area contributed by atoms with Gasteiger partial charge >= 0.3 is 5.97 Å². The Morgan fingerprint density at radius 2 is 2.33 bits per heavy atom. The third kappa shape index (κ3) is 2.73. The summed E-state index contributed by atoms with van der Waals surface area (Å²) in [5.41, 5.74) is 5.66. The van der Waals surface area contributed by atoms with Gasteiger partial charge in [0.2, 0.25) is 0 Å². The van der Waals surface area contributed by atoms with E-state index in [-0.39, 0.29) is 17.9 Å². The van der Waals surface area contributed by atoms with Gasteiger partial charge in [-0.3, -0.25) is 4.79 Å². The van der Waals surface area contributed by atoms with Crippen molar-refractivity contribution >= 4 is 17.3 Å². The predicted molar refractivity (Wildman–Crippen MR) is 53.5 cm³/mol. The quantitative estimate of drug-likeness (QED) is 0.649. The molecule has 4 N–H and O–H groups in total. The minimum absolute atomic E-state index is 0.0449. The molecule has 82 valence electrons. The number of rotatable bonds is 4. The van der Waals surface area contributed by atoms with Gasteiger partial charge in [0.05, 0.1) is 18.5 Å². The largest absolute Gasteiger partial charge is 0.495 e. The van der Waals surface area contributed by atoms with Gasteiger partial charge in [-0.1, -0.05) is 0 Å². The van der Waals surface area contributed by atoms with Crippen LogP contribution in [0.25, 0.3) is 0 Å². The first kappa shape index (κ1) is 11.1. The van der Waals surface area contributed by atoms with Crippen molar-refractivity contribution in [1.82, 2.24) is 0 Å². The van der Waals surface area contributed by atoms with Crippen LogP contribution in [-0.4, -0.2) is 24.7 Å². The number of nitrogens with two attached hydrogens (primary N) is 1. The van der Waals surface area contributed by atoms with Crippen molar-refractivity contribution < 1.29 is 19.0 Å². The Bertz CT molecular complexity index is 382. The van der Waals surface area contributed by atoms with Crippen LogP contribution >= 0.6 is 0 Å². The zero-order valence-electron chi connectivity index (χ0n) is 8.08. The molecule has 0 unspecified atom stereocenters. The first-order chi connectivity index (χ1) is 7.04. The van der Waals surface area contributed by atoms with E-state index >= 15 is 0 Å². The van der Waals surface area contributed by atoms with E-state index in [1.54, 1.807) is 0 Å². The molecule has 0 fully saturated rings. The highest BCUT2D eigenvalue weighted by Crippen LogP contribution is 2.27. The Morgan fingerprint density at radius 1 is 1.67 bits per heavy atom. The fourth-order valence-electron chi connectivity index (χ4n) is 1.05. The number of nitrogens with one attached hydrogen (secondary N) is 1. The van der Waals surface area contributed by atoms with Gasteiger partial charge in [0.15, 0.2) is 0 Å². The van der Waals surface area contributed by atoms with E-state index in [1.807, 2.05) is 0 Å². The number of hydrogen-bond donors (Lipinski definition) is 3. The molecule has 6 heteroatoms. The van der Waals surface area contributed by atoms with E-state index in [0.29, 0.717) is 5.75 Å². The number of carbonyl (C=O) groups is 1. The second-order valence-corrected chi connectivity index (χ2v) is 2.82. The molecule has 1 aromatic rings. The van der Waals surface area contributed by atoms with E-state index in [0.717, 1.165) is 6.07 Å². The lowest BCUT2D eigenvalue weighted by molar-refractivity contribution is -0.134. The summed E-state index contributed by atoms with van der Waals surface area (Å²) in [6.45, 7) is -0.371. The van der Waals surface area contributed by atoms with E-state index in [2.05, 4.69) is 5.32 Å². The van der Waals surface area contributed by atoms with Gasteiger partial charge in [0.25, 0.3) is 0 Å². The highest BCUT2D eigenvalue weighted by atomic mass is 19.1. The Hall–Kier alpha value is -1.98. The molecule has 0 amide bonds. The van der Waals surface area contributed by atoms with Crippen molar-refractivity contribution in [2.45, 2.75) is 0 Å². The molecule has 0 heterocycles. The van der Waals surface area contributed by atoms with Gasteiger partial charge < -0.3 is 20.9 Å². The van der Waals surface area contributed by atoms with Crippen LogP contribution in [0.2, 0.25) is 0 Å². The maximum atomic E-state index is 13.2. The third-order valence-electron chi connectivity index (χ3n) is 1.75. The number of carboxylic acids is 1. The van der Waals surface area contributed by atoms with Crippen LogP contribution in [-0.2, 0) is 4.79 Å². The minimum atomic E-state index is -1.08. The number of carboxylic acid groups (broad SMARTS) is 1. The number of ether oxygens (including phenoxy) is 1. The van der Waals surface area contributed by atoms with Gasteiger partial charge in [-0.2, -0.15) is 0 Å². The summed E-state index contributed by atoms with van der Waals surface area (Å²) in [6.07, 6.45) is 0. The lowest BCUT2D eigenvalue weighted by Crippen LogP contribution is -2.13. The first-order valence-corrected chi connectivity index (χ1v) is 4.13. The van der Waals surface area contributed by atoms with Gasteiger partial charge in [0, 0.05) is 12.1 Å². The monoisotopic (exact) mass is 214 g/mol. The highest BCUT2D eigenvalue weighted by Gasteiger charge is 2.08. The van der Waals surface area contributed by atoms with Crippen LogP contribution in [0, 0.1) is 5.82 Å². The van der Waals surface area contributed by atoms with Crippen LogP contribution in [0.3, 0.4) is 0 Å². The molecule has 0 saturated heterocycles. The average molecular weight is 214 g/mol. The Morgan fingerprint density at radius 3 is 2.87 bits per heavy atom. The zero-order valence-corrected chi connectivity index (χ0v) is 8.08. The van der Waals surface area contributed by atoms with Gasteiger partial charge in [0.1, 0.15) is 18.1 Å². The number of aliphatic carboxylic acids is 1. The molecule has 15 heavy (non-hydrogen) atoms. The summed E-state index contributed by atoms with van der Waals surface area (Å²) in [5.74, 6) is -1.40. The summed E-state index contributed by atoms with van der Waals surface area (Å²) >= 11 is 0. The third-order valence-corrected chi connectivity index (χ3v) is 1.75. The number of methoxy groups -OCH3 is 1. The summed E-state index contributed by atoms with van der Waals surface area (Å²) in [7, 11) is 1.39. The standard InChI is InChI=1S/C9H11FN2O3/c1-15-8-3-7(12-4-9(13)14)5(10)2-6(8)11/h2-3,12H,4,11H2,1H3,(H,13,14). The number of anilines is 2. The minimum Gasteiger partial charge on any atom is -0.495 e. The van der Waals surface area contributed by atoms with E-state index in [1.165, 1.54) is 13.2 Å². The molecule has 1 rings (SSSR count). The molecular formula is C9H11FN2O3. The van der Waals surface area contributed by atoms with E-state index in [4.69, 9.17) is 15.6 Å². The number of hydrogen-bond acceptors (Lipinski definition) is 4. The second-order valence-electron chi connectivity index (χ2n) is 2.82. The zero-order chi connectivity index (χ0) is 11.4. The van der Waals surface area contributed by atoms with Crippen molar-refractivity contribution in [3.63, 3.8) is 0 Å². The molecule has 0 aliphatic carbocycles. The van der Waals surface area contributed by atoms with Crippen molar-refractivity contribution in [2.24, 2.45) is 0 Å². The molecule has 0 aliphatic heterocycles. The van der Waals surface area contributed by atoms with Crippen molar-refractivity contribution in [1.29, 1.82) is 0 Å². The lowest BCUT2D eigenvalue weighted by Gasteiger charge is -2.09. The Labute approximate surface area is 85.7 Å². The van der Waals surface area contributed by atoms with Gasteiger partial charge in [-0.15, -0.1) is 0 Å². The summed E-state index contributed by atoms with van der Waals surface area (Å²) < 4.78 is 18.1. The van der Waals surface area contributed by atoms with Crippen molar-refractivity contribution in [3.8, 4) is 5.75 Å². The second kappa shape index (κ2) is 4.50. The predicted octanol–water partition coefficient (Wildman–Crippen LogP) is 0.913. The van der Waals surface area contributed by atoms with Gasteiger partial charge in [-0.25, -0.2) is 4.39 Å². The summed E-state index contributed by atoms with van der Waals surface area (Å²) in [4.78, 5) is 10.3. The number of benzene rings is 1. The van der Waals surface area contributed by atoms with Crippen LogP contribution in [0.4, 0.5) is 15.8 Å². The smallest absolute Gasteiger partial charge is 0.322 e. The first-order valence-electron chi connectivity index (χ1n) is 4.13. The normalized spacial score (nSPS) is 9.73. The SMILES string of the molecule is COc1cc(NCC(=O)O)c(F)cc1N. The molecule has 5 nitrogen and oxygen atoms in total. The topological polar surface area (TPSA) is 84.6 Å². The molecule has 0 bridgehead atoms. The highest BCUT2D eigenvalue weighted by molar-refractivity contribution is 5.73. The molecule has 0 saturated carbocycles. The maximum absolute atomic E-state index is 13.2. The van der Waals surface area contributed by atoms with Crippen LogP contribution in [0.15, 0.2) is 12.1 Å². The average Bonchev–Trinajstić information content (AvgIpc) is 2.16. The Kier molecular flexibility index (Phi) is 3.33. The summed E-state index contributed by atoms with van der Waals surface area (Å²) in [6, 6.07) is 2.39. The van der Waals surface area contributed by atoms with Crippen LogP contribution < -0.4 is 15.8 Å². The molecule has 0 radical (unpaired) electrons. The molecule has 0 atom stereocenters. The number of nitrogen functional groups attached to an aromatic ring is 1.